The molecule has 0 bridgehead atoms. The van der Waals surface area contributed by atoms with Gasteiger partial charge in [0.05, 0.1) is 38.6 Å². The van der Waals surface area contributed by atoms with Crippen LogP contribution in [-0.4, -0.2) is 193 Å². The van der Waals surface area contributed by atoms with E-state index in [-0.39, 0.29) is 18.9 Å². The second-order valence-corrected chi connectivity index (χ2v) is 25.7. The molecule has 93 heavy (non-hydrogen) atoms. The Kier molecular flexibility index (Phi) is 49.7. The Morgan fingerprint density at radius 3 is 1.16 bits per heavy atom. The van der Waals surface area contributed by atoms with Gasteiger partial charge >= 0.3 is 0 Å². The largest absolute Gasteiger partial charge is 0.394 e. The molecule has 1 amide bonds. The predicted molar refractivity (Wildman–Crippen MR) is 364 cm³/mol. The molecule has 19 nitrogen and oxygen atoms in total. The monoisotopic (exact) mass is 1320 g/mol. The Hall–Kier alpha value is -3.03. The van der Waals surface area contributed by atoms with E-state index >= 15 is 0 Å². The molecule has 17 unspecified atom stereocenters. The Labute approximate surface area is 559 Å². The third-order valence-electron chi connectivity index (χ3n) is 17.7. The van der Waals surface area contributed by atoms with Gasteiger partial charge in [0.25, 0.3) is 0 Å². The fourth-order valence-corrected chi connectivity index (χ4v) is 11.9. The summed E-state index contributed by atoms with van der Waals surface area (Å²) in [6, 6.07) is -0.889. The Balaban J connectivity index is 1.31. The van der Waals surface area contributed by atoms with Gasteiger partial charge in [-0.15, -0.1) is 0 Å². The molecule has 0 aromatic carbocycles. The van der Waals surface area contributed by atoms with E-state index in [9.17, 15) is 61.0 Å². The standard InChI is InChI=1S/C74H129NO18/c1-3-5-7-9-11-13-15-16-17-18-19-20-21-22-23-24-25-26-27-28-29-30-31-32-33-34-35-36-37-38-39-40-42-44-46-48-50-52-62(80)75-57(58(79)51-49-47-45-43-41-14-12-10-8-6-4-2)56-88-72-68(86)65(83)70(60(54-77)90-72)93-74-69(87)66(84)71(61(55-78)91-74)92-73-67(85)64(82)63(81)59(53-76)89-73/h5,7,11,13,16-17,19-20,22-23,25-26,28-29,57-61,63-74,76-79,81-87H,3-4,6,8-10,12,14-15,18,21,24,27,30-56H2,1-2H3,(H,75,80)/b7-5-,13-11-,17-16-,20-19-,23-22-,26-25-,29-28-. The molecule has 3 aliphatic heterocycles. The molecule has 538 valence electrons. The molecule has 17 atom stereocenters. The maximum atomic E-state index is 13.4. The summed E-state index contributed by atoms with van der Waals surface area (Å²) in [6.45, 7) is 1.66. The SMILES string of the molecule is CC/C=C\C/C=C\C/C=C\C/C=C\C/C=C\C/C=C\C/C=C\CCCCCCCCCCCCCCCCCC(=O)NC(COC1OC(CO)C(OC2OC(CO)C(OC3OC(CO)C(O)C(O)C3O)C(O)C2O)C(O)C1O)C(O)CCCCCCCCCCCCC. The molecule has 3 aliphatic rings. The zero-order valence-corrected chi connectivity index (χ0v) is 57.0. The number of unbranched alkanes of at least 4 members (excludes halogenated alkanes) is 25. The minimum atomic E-state index is -1.97. The topological polar surface area (TPSA) is 307 Å². The molecule has 0 spiro atoms. The number of aliphatic hydroxyl groups is 11. The van der Waals surface area contributed by atoms with Crippen LogP contribution in [0.15, 0.2) is 85.1 Å². The molecule has 19 heteroatoms. The lowest BCUT2D eigenvalue weighted by atomic mass is 9.96. The molecule has 0 radical (unpaired) electrons. The normalized spacial score (nSPS) is 28.0. The van der Waals surface area contributed by atoms with Gasteiger partial charge in [-0.25, -0.2) is 0 Å². The second-order valence-electron chi connectivity index (χ2n) is 25.7. The van der Waals surface area contributed by atoms with Crippen LogP contribution in [-0.2, 0) is 33.2 Å². The highest BCUT2D eigenvalue weighted by Crippen LogP contribution is 2.33. The van der Waals surface area contributed by atoms with Gasteiger partial charge in [0.1, 0.15) is 73.2 Å². The molecule has 3 heterocycles. The van der Waals surface area contributed by atoms with Crippen LogP contribution < -0.4 is 5.32 Å². The number of carbonyl (C=O) groups is 1. The third kappa shape index (κ3) is 36.4. The van der Waals surface area contributed by atoms with Crippen LogP contribution in [0.25, 0.3) is 0 Å². The maximum Gasteiger partial charge on any atom is 0.220 e. The van der Waals surface area contributed by atoms with Crippen LogP contribution in [0, 0.1) is 0 Å². The first-order valence-corrected chi connectivity index (χ1v) is 36.3. The van der Waals surface area contributed by atoms with Gasteiger partial charge in [0, 0.05) is 6.42 Å². The van der Waals surface area contributed by atoms with Crippen molar-refractivity contribution in [3.8, 4) is 0 Å². The Morgan fingerprint density at radius 2 is 0.742 bits per heavy atom. The Bertz CT molecular complexity index is 2010. The number of allylic oxidation sites excluding steroid dienone is 14. The van der Waals surface area contributed by atoms with Crippen molar-refractivity contribution in [1.82, 2.24) is 5.32 Å². The van der Waals surface area contributed by atoms with Gasteiger partial charge in [-0.05, 0) is 70.6 Å². The molecule has 3 saturated heterocycles. The van der Waals surface area contributed by atoms with Gasteiger partial charge < -0.3 is 89.9 Å². The second kappa shape index (κ2) is 54.9. The summed E-state index contributed by atoms with van der Waals surface area (Å²) in [5.41, 5.74) is 0. The molecule has 0 aromatic rings. The van der Waals surface area contributed by atoms with Gasteiger partial charge in [-0.2, -0.15) is 0 Å². The van der Waals surface area contributed by atoms with E-state index in [1.54, 1.807) is 0 Å². The number of ether oxygens (including phenoxy) is 6. The maximum absolute atomic E-state index is 13.4. The molecule has 3 fully saturated rings. The summed E-state index contributed by atoms with van der Waals surface area (Å²) in [5, 5.41) is 121. The number of rotatable bonds is 55. The van der Waals surface area contributed by atoms with Crippen LogP contribution in [0.4, 0.5) is 0 Å². The minimum Gasteiger partial charge on any atom is -0.394 e. The lowest BCUT2D eigenvalue weighted by Gasteiger charge is -2.48. The van der Waals surface area contributed by atoms with E-state index in [0.717, 1.165) is 96.3 Å². The van der Waals surface area contributed by atoms with Crippen LogP contribution in [0.3, 0.4) is 0 Å². The third-order valence-corrected chi connectivity index (χ3v) is 17.7. The summed E-state index contributed by atoms with van der Waals surface area (Å²) in [6.07, 6.45) is 44.0. The van der Waals surface area contributed by atoms with E-state index in [0.29, 0.717) is 12.8 Å². The first-order chi connectivity index (χ1) is 45.3. The fraction of sp³-hybridized carbons (Fsp3) is 0.797. The van der Waals surface area contributed by atoms with Crippen molar-refractivity contribution in [2.75, 3.05) is 26.4 Å². The van der Waals surface area contributed by atoms with E-state index in [4.69, 9.17) is 28.4 Å². The summed E-state index contributed by atoms with van der Waals surface area (Å²) in [4.78, 5) is 13.4. The van der Waals surface area contributed by atoms with Crippen molar-refractivity contribution in [1.29, 1.82) is 0 Å². The highest BCUT2D eigenvalue weighted by atomic mass is 16.8. The van der Waals surface area contributed by atoms with E-state index < -0.39 is 124 Å². The van der Waals surface area contributed by atoms with Crippen molar-refractivity contribution >= 4 is 5.91 Å². The first-order valence-electron chi connectivity index (χ1n) is 36.3. The van der Waals surface area contributed by atoms with E-state index in [1.165, 1.54) is 116 Å². The fourth-order valence-electron chi connectivity index (χ4n) is 11.9. The summed E-state index contributed by atoms with van der Waals surface area (Å²) in [5.74, 6) is -0.246. The van der Waals surface area contributed by atoms with Crippen LogP contribution in [0.2, 0.25) is 0 Å². The van der Waals surface area contributed by atoms with Crippen LogP contribution >= 0.6 is 0 Å². The number of amides is 1. The molecule has 12 N–H and O–H groups in total. The predicted octanol–water partition coefficient (Wildman–Crippen LogP) is 10.3. The summed E-state index contributed by atoms with van der Waals surface area (Å²) < 4.78 is 34.4. The molecule has 0 saturated carbocycles. The van der Waals surface area contributed by atoms with Crippen molar-refractivity contribution < 1.29 is 89.4 Å². The van der Waals surface area contributed by atoms with Crippen molar-refractivity contribution in [2.24, 2.45) is 0 Å². The van der Waals surface area contributed by atoms with E-state index in [1.807, 2.05) is 0 Å². The zero-order chi connectivity index (χ0) is 67.5. The molecule has 0 aliphatic carbocycles. The number of aliphatic hydroxyl groups excluding tert-OH is 11. The van der Waals surface area contributed by atoms with Gasteiger partial charge in [0.15, 0.2) is 18.9 Å². The smallest absolute Gasteiger partial charge is 0.220 e. The minimum absolute atomic E-state index is 0.246. The summed E-state index contributed by atoms with van der Waals surface area (Å²) in [7, 11) is 0. The highest BCUT2D eigenvalue weighted by Gasteiger charge is 2.53. The first kappa shape index (κ1) is 84.2. The molecule has 3 rings (SSSR count). The van der Waals surface area contributed by atoms with Crippen molar-refractivity contribution in [3.05, 3.63) is 85.1 Å². The zero-order valence-electron chi connectivity index (χ0n) is 57.0. The molecule has 0 aromatic heterocycles. The van der Waals surface area contributed by atoms with Gasteiger partial charge in [0.2, 0.25) is 5.91 Å². The summed E-state index contributed by atoms with van der Waals surface area (Å²) >= 11 is 0. The lowest BCUT2D eigenvalue weighted by Crippen LogP contribution is -2.66. The van der Waals surface area contributed by atoms with Crippen LogP contribution in [0.5, 0.6) is 0 Å². The molecular weight excluding hydrogens is 1190 g/mol. The number of hydrogen-bond acceptors (Lipinski definition) is 18. The number of carbonyl (C=O) groups excluding carboxylic acids is 1. The van der Waals surface area contributed by atoms with Gasteiger partial charge in [-0.1, -0.05) is 253 Å². The van der Waals surface area contributed by atoms with Gasteiger partial charge in [-0.3, -0.25) is 4.79 Å². The lowest BCUT2D eigenvalue weighted by molar-refractivity contribution is -0.379. The average Bonchev–Trinajstić information content (AvgIpc) is 0.805. The quantitative estimate of drug-likeness (QED) is 0.0199. The Morgan fingerprint density at radius 1 is 0.398 bits per heavy atom. The van der Waals surface area contributed by atoms with E-state index in [2.05, 4.69) is 104 Å². The van der Waals surface area contributed by atoms with Crippen LogP contribution in [0.1, 0.15) is 245 Å². The molecular formula is C74H129NO18. The van der Waals surface area contributed by atoms with Crippen molar-refractivity contribution in [3.63, 3.8) is 0 Å². The number of hydrogen-bond donors (Lipinski definition) is 12. The highest BCUT2D eigenvalue weighted by molar-refractivity contribution is 5.76. The number of nitrogens with one attached hydrogen (secondary N) is 1. The average molecular weight is 1320 g/mol. The van der Waals surface area contributed by atoms with Crippen molar-refractivity contribution in [2.45, 2.75) is 349 Å².